The molecule has 4 nitrogen and oxygen atoms in total. The van der Waals surface area contributed by atoms with Crippen LogP contribution in [0.15, 0.2) is 53.1 Å². The maximum absolute atomic E-state index is 13.7. The first kappa shape index (κ1) is 19.0. The summed E-state index contributed by atoms with van der Waals surface area (Å²) in [6, 6.07) is 11.5. The molecule has 142 valence electrons. The Labute approximate surface area is 153 Å². The van der Waals surface area contributed by atoms with Crippen molar-refractivity contribution in [3.63, 3.8) is 0 Å². The molecule has 0 unspecified atom stereocenters. The van der Waals surface area contributed by atoms with Gasteiger partial charge in [-0.25, -0.2) is 4.39 Å². The van der Waals surface area contributed by atoms with E-state index in [9.17, 15) is 17.6 Å². The highest BCUT2D eigenvalue weighted by Crippen LogP contribution is 2.29. The summed E-state index contributed by atoms with van der Waals surface area (Å²) in [5, 5.41) is 3.83. The van der Waals surface area contributed by atoms with Gasteiger partial charge in [-0.3, -0.25) is 4.90 Å². The van der Waals surface area contributed by atoms with Gasteiger partial charge in [-0.05, 0) is 30.3 Å². The molecule has 0 saturated carbocycles. The van der Waals surface area contributed by atoms with Gasteiger partial charge in [0.05, 0.1) is 12.1 Å². The molecule has 3 aromatic rings. The van der Waals surface area contributed by atoms with Crippen LogP contribution < -0.4 is 0 Å². The van der Waals surface area contributed by atoms with Gasteiger partial charge in [0, 0.05) is 13.0 Å². The van der Waals surface area contributed by atoms with Gasteiger partial charge >= 0.3 is 6.18 Å². The second-order valence-electron chi connectivity index (χ2n) is 6.24. The minimum atomic E-state index is -4.37. The third kappa shape index (κ3) is 5.13. The van der Waals surface area contributed by atoms with E-state index in [4.69, 9.17) is 4.52 Å². The lowest BCUT2D eigenvalue weighted by Crippen LogP contribution is -2.18. The highest BCUT2D eigenvalue weighted by atomic mass is 19.4. The fraction of sp³-hybridized carbons (Fsp3) is 0.263. The molecule has 3 rings (SSSR count). The van der Waals surface area contributed by atoms with Crippen LogP contribution in [0.5, 0.6) is 0 Å². The summed E-state index contributed by atoms with van der Waals surface area (Å²) in [7, 11) is 1.74. The van der Waals surface area contributed by atoms with Crippen LogP contribution in [0.3, 0.4) is 0 Å². The van der Waals surface area contributed by atoms with Crippen molar-refractivity contribution in [2.45, 2.75) is 25.7 Å². The molecule has 0 amide bonds. The fourth-order valence-corrected chi connectivity index (χ4v) is 2.68. The summed E-state index contributed by atoms with van der Waals surface area (Å²) in [4.78, 5) is 5.98. The van der Waals surface area contributed by atoms with E-state index in [1.807, 2.05) is 0 Å². The number of nitrogens with zero attached hydrogens (tertiary/aromatic N) is 3. The minimum absolute atomic E-state index is 0.202. The number of aromatic nitrogens is 2. The topological polar surface area (TPSA) is 42.2 Å². The molecule has 1 heterocycles. The van der Waals surface area contributed by atoms with E-state index < -0.39 is 11.7 Å². The average molecular weight is 379 g/mol. The Kier molecular flexibility index (Phi) is 5.55. The predicted molar refractivity (Wildman–Crippen MR) is 90.1 cm³/mol. The van der Waals surface area contributed by atoms with Crippen molar-refractivity contribution in [3.8, 4) is 0 Å². The maximum Gasteiger partial charge on any atom is 0.416 e. The smallest absolute Gasteiger partial charge is 0.338 e. The molecule has 0 atom stereocenters. The van der Waals surface area contributed by atoms with Gasteiger partial charge < -0.3 is 4.52 Å². The molecule has 27 heavy (non-hydrogen) atoms. The van der Waals surface area contributed by atoms with Gasteiger partial charge in [0.15, 0.2) is 5.82 Å². The van der Waals surface area contributed by atoms with Crippen molar-refractivity contribution in [2.24, 2.45) is 0 Å². The number of hydrogen-bond donors (Lipinski definition) is 0. The molecule has 0 fully saturated rings. The lowest BCUT2D eigenvalue weighted by atomic mass is 10.1. The molecule has 1 aromatic heterocycles. The standard InChI is InChI=1S/C19H17F4N3O/c1-26(11-13-5-4-7-15(9-13)19(21,22)23)12-18-24-17(25-27-18)10-14-6-2-3-8-16(14)20/h2-9H,10-12H2,1H3. The zero-order valence-corrected chi connectivity index (χ0v) is 14.5. The Bertz CT molecular complexity index is 908. The molecular formula is C19H17F4N3O. The van der Waals surface area contributed by atoms with Crippen molar-refractivity contribution in [1.29, 1.82) is 0 Å². The Morgan fingerprint density at radius 2 is 1.81 bits per heavy atom. The minimum Gasteiger partial charge on any atom is -0.338 e. The monoisotopic (exact) mass is 379 g/mol. The molecule has 8 heteroatoms. The van der Waals surface area contributed by atoms with Gasteiger partial charge in [-0.1, -0.05) is 41.6 Å². The fourth-order valence-electron chi connectivity index (χ4n) is 2.68. The second-order valence-corrected chi connectivity index (χ2v) is 6.24. The third-order valence-corrected chi connectivity index (χ3v) is 3.93. The Morgan fingerprint density at radius 3 is 2.56 bits per heavy atom. The van der Waals surface area contributed by atoms with E-state index in [0.29, 0.717) is 22.8 Å². The molecule has 2 aromatic carbocycles. The summed E-state index contributed by atoms with van der Waals surface area (Å²) in [5.41, 5.74) is 0.305. The SMILES string of the molecule is CN(Cc1cccc(C(F)(F)F)c1)Cc1nc(Cc2ccccc2F)no1. The van der Waals surface area contributed by atoms with Crippen LogP contribution in [-0.2, 0) is 25.7 Å². The van der Waals surface area contributed by atoms with Crippen molar-refractivity contribution >= 4 is 0 Å². The molecule has 0 saturated heterocycles. The summed E-state index contributed by atoms with van der Waals surface area (Å²) in [6.07, 6.45) is -4.17. The zero-order chi connectivity index (χ0) is 19.4. The summed E-state index contributed by atoms with van der Waals surface area (Å²) < 4.78 is 57.2. The number of halogens is 4. The first-order valence-electron chi connectivity index (χ1n) is 8.21. The number of alkyl halides is 3. The first-order chi connectivity index (χ1) is 12.8. The zero-order valence-electron chi connectivity index (χ0n) is 14.5. The van der Waals surface area contributed by atoms with Gasteiger partial charge in [-0.15, -0.1) is 0 Å². The van der Waals surface area contributed by atoms with Crippen LogP contribution in [0.25, 0.3) is 0 Å². The molecule has 0 aliphatic rings. The molecule has 0 spiro atoms. The number of hydrogen-bond acceptors (Lipinski definition) is 4. The van der Waals surface area contributed by atoms with E-state index in [1.54, 1.807) is 36.2 Å². The molecular weight excluding hydrogens is 362 g/mol. The Hall–Kier alpha value is -2.74. The van der Waals surface area contributed by atoms with E-state index in [0.717, 1.165) is 12.1 Å². The van der Waals surface area contributed by atoms with Gasteiger partial charge in [0.25, 0.3) is 0 Å². The van der Waals surface area contributed by atoms with Crippen molar-refractivity contribution < 1.29 is 22.1 Å². The van der Waals surface area contributed by atoms with Crippen LogP contribution in [0, 0.1) is 5.82 Å². The van der Waals surface area contributed by atoms with Crippen molar-refractivity contribution in [3.05, 3.63) is 82.8 Å². The molecule has 0 radical (unpaired) electrons. The van der Waals surface area contributed by atoms with Crippen LogP contribution in [-0.4, -0.2) is 22.1 Å². The lowest BCUT2D eigenvalue weighted by Gasteiger charge is -2.15. The molecule has 0 aliphatic heterocycles. The van der Waals surface area contributed by atoms with Crippen LogP contribution in [0.4, 0.5) is 17.6 Å². The normalized spacial score (nSPS) is 11.9. The number of rotatable bonds is 6. The summed E-state index contributed by atoms with van der Waals surface area (Å²) >= 11 is 0. The molecule has 0 aliphatic carbocycles. The van der Waals surface area contributed by atoms with Crippen molar-refractivity contribution in [1.82, 2.24) is 15.0 Å². The predicted octanol–water partition coefficient (Wildman–Crippen LogP) is 4.45. The van der Waals surface area contributed by atoms with Gasteiger partial charge in [0.2, 0.25) is 5.89 Å². The van der Waals surface area contributed by atoms with Gasteiger partial charge in [0.1, 0.15) is 5.82 Å². The van der Waals surface area contributed by atoms with Crippen LogP contribution >= 0.6 is 0 Å². The highest BCUT2D eigenvalue weighted by molar-refractivity contribution is 5.25. The molecule has 0 N–H and O–H groups in total. The molecule has 0 bridgehead atoms. The van der Waals surface area contributed by atoms with Crippen molar-refractivity contribution in [2.75, 3.05) is 7.05 Å². The highest BCUT2D eigenvalue weighted by Gasteiger charge is 2.30. The quantitative estimate of drug-likeness (QED) is 0.594. The number of benzene rings is 2. The van der Waals surface area contributed by atoms with Crippen LogP contribution in [0.2, 0.25) is 0 Å². The summed E-state index contributed by atoms with van der Waals surface area (Å²) in [5.74, 6) is 0.323. The van der Waals surface area contributed by atoms with E-state index >= 15 is 0 Å². The van der Waals surface area contributed by atoms with Crippen LogP contribution in [0.1, 0.15) is 28.4 Å². The maximum atomic E-state index is 13.7. The van der Waals surface area contributed by atoms with E-state index in [-0.39, 0.29) is 25.3 Å². The van der Waals surface area contributed by atoms with E-state index in [2.05, 4.69) is 10.1 Å². The Morgan fingerprint density at radius 1 is 1.04 bits per heavy atom. The Balaban J connectivity index is 1.61. The van der Waals surface area contributed by atoms with Gasteiger partial charge in [-0.2, -0.15) is 18.2 Å². The average Bonchev–Trinajstić information content (AvgIpc) is 3.03. The summed E-state index contributed by atoms with van der Waals surface area (Å²) in [6.45, 7) is 0.551. The van der Waals surface area contributed by atoms with E-state index in [1.165, 1.54) is 12.1 Å². The largest absolute Gasteiger partial charge is 0.416 e. The third-order valence-electron chi connectivity index (χ3n) is 3.93. The second kappa shape index (κ2) is 7.87. The lowest BCUT2D eigenvalue weighted by molar-refractivity contribution is -0.137. The first-order valence-corrected chi connectivity index (χ1v) is 8.21.